The second-order valence-corrected chi connectivity index (χ2v) is 31.2. The van der Waals surface area contributed by atoms with E-state index < -0.39 is 16.2 Å². The van der Waals surface area contributed by atoms with Crippen LogP contribution in [0.5, 0.6) is 0 Å². The molecule has 3 heteroatoms. The van der Waals surface area contributed by atoms with Gasteiger partial charge in [-0.15, -0.1) is 0 Å². The number of rotatable bonds is 8. The van der Waals surface area contributed by atoms with Crippen LogP contribution in [0.25, 0.3) is 111 Å². The first kappa shape index (κ1) is 60.3. The Hall–Kier alpha value is -13.1. The van der Waals surface area contributed by atoms with E-state index in [0.29, 0.717) is 0 Å². The lowest BCUT2D eigenvalue weighted by atomic mass is 9.69. The molecule has 0 radical (unpaired) electrons. The van der Waals surface area contributed by atoms with Crippen molar-refractivity contribution in [1.82, 2.24) is 0 Å². The van der Waals surface area contributed by atoms with Gasteiger partial charge in [0.05, 0.1) is 22.2 Å². The lowest BCUT2D eigenvalue weighted by Crippen LogP contribution is -2.28. The summed E-state index contributed by atoms with van der Waals surface area (Å²) in [4.78, 5) is 5.13. The molecule has 0 unspecified atom stereocenters. The lowest BCUT2D eigenvalue weighted by Gasteiger charge is -2.36. The minimum atomic E-state index is -0.681. The van der Waals surface area contributed by atoms with Gasteiger partial charge in [-0.25, -0.2) is 0 Å². The van der Waals surface area contributed by atoms with Gasteiger partial charge in [0.25, 0.3) is 0 Å². The molecule has 107 heavy (non-hydrogen) atoms. The van der Waals surface area contributed by atoms with Gasteiger partial charge in [-0.3, -0.25) is 0 Å². The van der Waals surface area contributed by atoms with Crippen LogP contribution in [0.2, 0.25) is 0 Å². The Balaban J connectivity index is 0.713. The highest BCUT2D eigenvalue weighted by atomic mass is 16.3. The van der Waals surface area contributed by atoms with Crippen LogP contribution in [-0.2, 0) is 21.7 Å². The van der Waals surface area contributed by atoms with Gasteiger partial charge in [0.15, 0.2) is 0 Å². The summed E-state index contributed by atoms with van der Waals surface area (Å²) in [7, 11) is 0. The lowest BCUT2D eigenvalue weighted by molar-refractivity contribution is 0.660. The van der Waals surface area contributed by atoms with Crippen molar-refractivity contribution in [1.29, 1.82) is 0 Å². The summed E-state index contributed by atoms with van der Waals surface area (Å²) in [6.07, 6.45) is 0. The van der Waals surface area contributed by atoms with Crippen LogP contribution >= 0.6 is 0 Å². The molecule has 0 saturated carbocycles. The van der Waals surface area contributed by atoms with E-state index in [1.807, 2.05) is 0 Å². The molecule has 23 rings (SSSR count). The highest BCUT2D eigenvalue weighted by Gasteiger charge is 2.56. The summed E-state index contributed by atoms with van der Waals surface area (Å²) in [5, 5.41) is 2.21. The molecule has 1 heterocycles. The number of furan rings is 1. The number of hydrogen-bond acceptors (Lipinski definition) is 3. The van der Waals surface area contributed by atoms with Crippen molar-refractivity contribution >= 4 is 56.1 Å². The zero-order valence-corrected chi connectivity index (χ0v) is 59.8. The van der Waals surface area contributed by atoms with Gasteiger partial charge in [-0.1, -0.05) is 301 Å². The smallest absolute Gasteiger partial charge is 0.137 e. The van der Waals surface area contributed by atoms with Crippen molar-refractivity contribution < 1.29 is 4.42 Å². The Morgan fingerprint density at radius 3 is 1.15 bits per heavy atom. The van der Waals surface area contributed by atoms with E-state index in [0.717, 1.165) is 50.4 Å². The fourth-order valence-electron chi connectivity index (χ4n) is 21.1. The summed E-state index contributed by atoms with van der Waals surface area (Å²) < 4.78 is 6.76. The van der Waals surface area contributed by atoms with E-state index in [1.54, 1.807) is 0 Å². The molecule has 6 aliphatic carbocycles. The van der Waals surface area contributed by atoms with Crippen molar-refractivity contribution in [3.8, 4) is 89.0 Å². The van der Waals surface area contributed by atoms with E-state index in [4.69, 9.17) is 4.42 Å². The molecule has 16 aromatic carbocycles. The highest BCUT2D eigenvalue weighted by molar-refractivity contribution is 6.08. The van der Waals surface area contributed by atoms with Crippen LogP contribution in [0.3, 0.4) is 0 Å². The van der Waals surface area contributed by atoms with Gasteiger partial charge < -0.3 is 14.2 Å². The highest BCUT2D eigenvalue weighted by Crippen LogP contribution is 2.69. The molecule has 3 nitrogen and oxygen atoms in total. The monoisotopic (exact) mass is 1360 g/mol. The molecule has 0 saturated heterocycles. The van der Waals surface area contributed by atoms with Crippen LogP contribution in [0, 0.1) is 0 Å². The summed E-state index contributed by atoms with van der Waals surface area (Å²) in [6, 6.07) is 134. The van der Waals surface area contributed by atoms with E-state index >= 15 is 0 Å². The van der Waals surface area contributed by atoms with Crippen LogP contribution < -0.4 is 9.80 Å². The zero-order valence-electron chi connectivity index (χ0n) is 59.8. The van der Waals surface area contributed by atoms with Gasteiger partial charge in [0.2, 0.25) is 0 Å². The van der Waals surface area contributed by atoms with Crippen LogP contribution in [-0.4, -0.2) is 0 Å². The third kappa shape index (κ3) is 7.89. The average molecular weight is 1360 g/mol. The Kier molecular flexibility index (Phi) is 12.3. The van der Waals surface area contributed by atoms with Crippen molar-refractivity contribution in [2.75, 3.05) is 9.80 Å². The van der Waals surface area contributed by atoms with E-state index in [2.05, 4.69) is 389 Å². The maximum Gasteiger partial charge on any atom is 0.137 e. The van der Waals surface area contributed by atoms with E-state index in [9.17, 15) is 0 Å². The fraction of sp³-hybridized carbons (Fsp3) is 0.0769. The topological polar surface area (TPSA) is 19.6 Å². The summed E-state index contributed by atoms with van der Waals surface area (Å²) >= 11 is 0. The first-order valence-electron chi connectivity index (χ1n) is 37.7. The number of hydrogen-bond donors (Lipinski definition) is 0. The Morgan fingerprint density at radius 1 is 0.206 bits per heavy atom. The standard InChI is InChI=1S/C104H70N2O/c1-101(2)85-38-15-8-27-71(85)77-55-52-67(60-92(77)101)106(95-45-23-36-82-76-32-13-20-43-90(76)103(99(82)95)86-39-16-9-28-72(86)73-29-10-17-40-87(73)103)68-53-56-78-81-35-22-34-70(98(81)102(3,4)93(78)61-68)65-49-58-91-84(59-65)83-37-24-44-94(100(83)104(91)88-41-18-11-30-74(88)75-31-12-19-42-89(75)104)105(66-50-47-64(48-51-66)63-25-6-5-7-26-63)69-54-57-80-79-33-14-21-46-96(79)107-97(80)62-69/h5-62H,1-4H3. The Morgan fingerprint density at radius 2 is 0.570 bits per heavy atom. The minimum Gasteiger partial charge on any atom is -0.456 e. The van der Waals surface area contributed by atoms with Gasteiger partial charge in [0, 0.05) is 61.5 Å². The predicted octanol–water partition coefficient (Wildman–Crippen LogP) is 27.2. The maximum atomic E-state index is 6.76. The summed E-state index contributed by atoms with van der Waals surface area (Å²) in [5.41, 5.74) is 42.4. The SMILES string of the molecule is CC1(C)c2ccccc2-c2ccc(N(c3ccc4c(c3)C(C)(C)c3c(-c5ccc6c(c5)-c5cccc(N(c7ccc(-c8ccccc8)cc7)c7ccc8c(c7)oc7ccccc78)c5C65c6ccccc6-c6ccccc65)cccc3-4)c3cccc4c3C3(c5ccccc5-c5ccccc53)c3ccccc3-4)cc21. The molecule has 0 atom stereocenters. The zero-order chi connectivity index (χ0) is 70.8. The van der Waals surface area contributed by atoms with Crippen molar-refractivity contribution in [2.45, 2.75) is 49.4 Å². The molecule has 6 aliphatic rings. The second kappa shape index (κ2) is 21.8. The van der Waals surface area contributed by atoms with Crippen molar-refractivity contribution in [2.24, 2.45) is 0 Å². The van der Waals surface area contributed by atoms with Crippen LogP contribution in [0.1, 0.15) is 94.5 Å². The average Bonchev–Trinajstić information content (AvgIpc) is 1.51. The third-order valence-electron chi connectivity index (χ3n) is 25.5. The first-order valence-corrected chi connectivity index (χ1v) is 37.7. The Labute approximate surface area is 623 Å². The third-order valence-corrected chi connectivity index (χ3v) is 25.5. The molecule has 0 aliphatic heterocycles. The molecule has 0 bridgehead atoms. The largest absolute Gasteiger partial charge is 0.456 e. The molecule has 17 aromatic rings. The van der Waals surface area contributed by atoms with Crippen LogP contribution in [0.4, 0.5) is 34.1 Å². The quantitative estimate of drug-likeness (QED) is 0.151. The normalized spacial score (nSPS) is 14.8. The molecule has 2 spiro atoms. The van der Waals surface area contributed by atoms with Gasteiger partial charge in [0.1, 0.15) is 11.2 Å². The molecule has 502 valence electrons. The van der Waals surface area contributed by atoms with Gasteiger partial charge in [-0.05, 0) is 217 Å². The molecular formula is C104H70N2O. The fourth-order valence-corrected chi connectivity index (χ4v) is 21.1. The number of fused-ring (bicyclic) bond motifs is 29. The van der Waals surface area contributed by atoms with Crippen molar-refractivity contribution in [3.05, 3.63) is 419 Å². The number of benzene rings is 16. The summed E-state index contributed by atoms with van der Waals surface area (Å²) in [6.45, 7) is 9.77. The number of nitrogens with zero attached hydrogens (tertiary/aromatic N) is 2. The number of anilines is 6. The maximum absolute atomic E-state index is 6.76. The van der Waals surface area contributed by atoms with Gasteiger partial charge in [-0.2, -0.15) is 0 Å². The van der Waals surface area contributed by atoms with Crippen LogP contribution in [0.15, 0.2) is 356 Å². The van der Waals surface area contributed by atoms with E-state index in [-0.39, 0.29) is 5.41 Å². The minimum absolute atomic E-state index is 0.220. The Bertz CT molecular complexity index is 6610. The van der Waals surface area contributed by atoms with Crippen molar-refractivity contribution in [3.63, 3.8) is 0 Å². The molecule has 1 aromatic heterocycles. The van der Waals surface area contributed by atoms with E-state index in [1.165, 1.54) is 161 Å². The molecule has 0 fully saturated rings. The number of para-hydroxylation sites is 1. The predicted molar refractivity (Wildman–Crippen MR) is 442 cm³/mol. The molecular weight excluding hydrogens is 1290 g/mol. The van der Waals surface area contributed by atoms with Gasteiger partial charge >= 0.3 is 0 Å². The molecule has 0 N–H and O–H groups in total. The first-order chi connectivity index (χ1) is 52.6. The second-order valence-electron chi connectivity index (χ2n) is 31.2. The summed E-state index contributed by atoms with van der Waals surface area (Å²) in [5.74, 6) is 0. The molecule has 0 amide bonds.